The predicted molar refractivity (Wildman–Crippen MR) is 107 cm³/mol. The highest BCUT2D eigenvalue weighted by molar-refractivity contribution is 6.01. The average Bonchev–Trinajstić information content (AvgIpc) is 3.04. The molecule has 0 unspecified atom stereocenters. The number of hydrazone groups is 1. The number of ether oxygens (including phenoxy) is 2. The van der Waals surface area contributed by atoms with E-state index in [1.807, 2.05) is 61.0 Å². The predicted octanol–water partition coefficient (Wildman–Crippen LogP) is 2.82. The Morgan fingerprint density at radius 1 is 1.18 bits per heavy atom. The fourth-order valence-electron chi connectivity index (χ4n) is 3.24. The molecular formula is C21H22N4O3. The number of nitrogens with one attached hydrogen (secondary N) is 1. The number of nitrogens with zero attached hydrogens (tertiary/aromatic N) is 3. The van der Waals surface area contributed by atoms with Crippen LogP contribution >= 0.6 is 0 Å². The average molecular weight is 378 g/mol. The molecule has 0 bridgehead atoms. The van der Waals surface area contributed by atoms with Gasteiger partial charge in [-0.3, -0.25) is 4.79 Å². The summed E-state index contributed by atoms with van der Waals surface area (Å²) >= 11 is 0. The molecule has 1 aliphatic rings. The van der Waals surface area contributed by atoms with Crippen LogP contribution in [-0.2, 0) is 18.3 Å². The number of fused-ring (bicyclic) bond motifs is 2. The van der Waals surface area contributed by atoms with E-state index in [9.17, 15) is 4.79 Å². The molecule has 144 valence electrons. The summed E-state index contributed by atoms with van der Waals surface area (Å²) in [6.45, 7) is 3.08. The van der Waals surface area contributed by atoms with Crippen molar-refractivity contribution in [2.75, 3.05) is 13.2 Å². The standard InChI is InChI=1S/C21H22N4O3/c1-3-15(14-8-9-18-19(12-14)28-11-10-27-18)23-24-21(26)13-20-22-16-6-4-5-7-17(16)25(20)2/h4-9,12H,3,10-11,13H2,1-2H3,(H,24,26). The molecule has 0 atom stereocenters. The lowest BCUT2D eigenvalue weighted by atomic mass is 10.1. The first-order valence-electron chi connectivity index (χ1n) is 9.31. The number of benzene rings is 2. The Morgan fingerprint density at radius 2 is 1.96 bits per heavy atom. The van der Waals surface area contributed by atoms with Crippen LogP contribution in [0, 0.1) is 0 Å². The molecule has 7 nitrogen and oxygen atoms in total. The lowest BCUT2D eigenvalue weighted by Crippen LogP contribution is -2.23. The molecule has 0 spiro atoms. The zero-order valence-corrected chi connectivity index (χ0v) is 15.9. The molecular weight excluding hydrogens is 356 g/mol. The van der Waals surface area contributed by atoms with Crippen LogP contribution in [0.2, 0.25) is 0 Å². The summed E-state index contributed by atoms with van der Waals surface area (Å²) in [5.41, 5.74) is 6.20. The molecule has 1 N–H and O–H groups in total. The van der Waals surface area contributed by atoms with Gasteiger partial charge in [0.25, 0.3) is 0 Å². The van der Waals surface area contributed by atoms with Crippen molar-refractivity contribution in [1.29, 1.82) is 0 Å². The first-order chi connectivity index (χ1) is 13.7. The van der Waals surface area contributed by atoms with Crippen LogP contribution in [0.5, 0.6) is 11.5 Å². The van der Waals surface area contributed by atoms with Crippen molar-refractivity contribution in [2.45, 2.75) is 19.8 Å². The zero-order chi connectivity index (χ0) is 19.5. The fourth-order valence-corrected chi connectivity index (χ4v) is 3.24. The Bertz CT molecular complexity index is 1050. The van der Waals surface area contributed by atoms with Crippen LogP contribution in [0.15, 0.2) is 47.6 Å². The fraction of sp³-hybridized carbons (Fsp3) is 0.286. The molecule has 0 saturated carbocycles. The van der Waals surface area contributed by atoms with Gasteiger partial charge in [-0.15, -0.1) is 0 Å². The van der Waals surface area contributed by atoms with Gasteiger partial charge in [0.2, 0.25) is 5.91 Å². The van der Waals surface area contributed by atoms with Crippen molar-refractivity contribution in [2.24, 2.45) is 12.1 Å². The van der Waals surface area contributed by atoms with Crippen molar-refractivity contribution in [3.8, 4) is 11.5 Å². The number of aryl methyl sites for hydroxylation is 1. The van der Waals surface area contributed by atoms with Gasteiger partial charge in [-0.25, -0.2) is 10.4 Å². The molecule has 1 aliphatic heterocycles. The van der Waals surface area contributed by atoms with Gasteiger partial charge in [0.1, 0.15) is 19.0 Å². The molecule has 1 aromatic heterocycles. The smallest absolute Gasteiger partial charge is 0.247 e. The van der Waals surface area contributed by atoms with Crippen molar-refractivity contribution in [3.05, 3.63) is 53.9 Å². The van der Waals surface area contributed by atoms with E-state index in [1.54, 1.807) is 0 Å². The molecule has 1 amide bonds. The van der Waals surface area contributed by atoms with E-state index >= 15 is 0 Å². The summed E-state index contributed by atoms with van der Waals surface area (Å²) in [5, 5.41) is 4.32. The highest BCUT2D eigenvalue weighted by Crippen LogP contribution is 2.31. The molecule has 0 fully saturated rings. The van der Waals surface area contributed by atoms with Crippen LogP contribution in [0.4, 0.5) is 0 Å². The van der Waals surface area contributed by atoms with Crippen molar-refractivity contribution in [3.63, 3.8) is 0 Å². The normalized spacial score (nSPS) is 13.6. The zero-order valence-electron chi connectivity index (χ0n) is 15.9. The third kappa shape index (κ3) is 3.55. The minimum absolute atomic E-state index is 0.160. The van der Waals surface area contributed by atoms with Crippen LogP contribution in [0.1, 0.15) is 24.7 Å². The van der Waals surface area contributed by atoms with Gasteiger partial charge in [0.05, 0.1) is 23.2 Å². The van der Waals surface area contributed by atoms with E-state index in [0.717, 1.165) is 28.1 Å². The summed E-state index contributed by atoms with van der Waals surface area (Å²) in [6.07, 6.45) is 0.832. The van der Waals surface area contributed by atoms with E-state index in [1.165, 1.54) is 0 Å². The quantitative estimate of drug-likeness (QED) is 0.547. The molecule has 3 aromatic rings. The van der Waals surface area contributed by atoms with E-state index < -0.39 is 0 Å². The maximum Gasteiger partial charge on any atom is 0.247 e. The number of para-hydroxylation sites is 2. The molecule has 0 aliphatic carbocycles. The molecule has 0 radical (unpaired) electrons. The maximum absolute atomic E-state index is 12.4. The van der Waals surface area contributed by atoms with E-state index in [-0.39, 0.29) is 12.3 Å². The lowest BCUT2D eigenvalue weighted by molar-refractivity contribution is -0.120. The number of carbonyl (C=O) groups is 1. The SMILES string of the molecule is CCC(=NNC(=O)Cc1nc2ccccc2n1C)c1ccc2c(c1)OCCO2. The summed E-state index contributed by atoms with van der Waals surface area (Å²) < 4.78 is 13.1. The second-order valence-corrected chi connectivity index (χ2v) is 6.56. The summed E-state index contributed by atoms with van der Waals surface area (Å²) in [5.74, 6) is 1.93. The number of amides is 1. The van der Waals surface area contributed by atoms with Gasteiger partial charge in [-0.1, -0.05) is 19.1 Å². The number of hydrogen-bond acceptors (Lipinski definition) is 5. The van der Waals surface area contributed by atoms with Crippen LogP contribution in [0.25, 0.3) is 11.0 Å². The van der Waals surface area contributed by atoms with Crippen molar-refractivity contribution >= 4 is 22.7 Å². The second kappa shape index (κ2) is 7.72. The van der Waals surface area contributed by atoms with Gasteiger partial charge in [0, 0.05) is 12.6 Å². The Morgan fingerprint density at radius 3 is 2.75 bits per heavy atom. The number of rotatable bonds is 5. The van der Waals surface area contributed by atoms with Gasteiger partial charge in [-0.05, 0) is 36.8 Å². The third-order valence-corrected chi connectivity index (χ3v) is 4.72. The first kappa shape index (κ1) is 18.0. The first-order valence-corrected chi connectivity index (χ1v) is 9.31. The van der Waals surface area contributed by atoms with Crippen LogP contribution in [-0.4, -0.2) is 34.4 Å². The summed E-state index contributed by atoms with van der Waals surface area (Å²) in [6, 6.07) is 13.5. The number of imidazole rings is 1. The van der Waals surface area contributed by atoms with E-state index in [4.69, 9.17) is 9.47 Å². The molecule has 2 aromatic carbocycles. The van der Waals surface area contributed by atoms with Gasteiger partial charge in [0.15, 0.2) is 11.5 Å². The van der Waals surface area contributed by atoms with Gasteiger partial charge < -0.3 is 14.0 Å². The molecule has 28 heavy (non-hydrogen) atoms. The monoisotopic (exact) mass is 378 g/mol. The summed E-state index contributed by atoms with van der Waals surface area (Å²) in [7, 11) is 1.91. The Labute approximate surface area is 163 Å². The molecule has 4 rings (SSSR count). The molecule has 2 heterocycles. The minimum Gasteiger partial charge on any atom is -0.486 e. The second-order valence-electron chi connectivity index (χ2n) is 6.56. The summed E-state index contributed by atoms with van der Waals surface area (Å²) in [4.78, 5) is 16.9. The van der Waals surface area contributed by atoms with Gasteiger partial charge in [-0.2, -0.15) is 5.10 Å². The maximum atomic E-state index is 12.4. The van der Waals surface area contributed by atoms with E-state index in [0.29, 0.717) is 31.2 Å². The van der Waals surface area contributed by atoms with Crippen molar-refractivity contribution in [1.82, 2.24) is 15.0 Å². The Hall–Kier alpha value is -3.35. The lowest BCUT2D eigenvalue weighted by Gasteiger charge is -2.19. The van der Waals surface area contributed by atoms with E-state index in [2.05, 4.69) is 15.5 Å². The van der Waals surface area contributed by atoms with Crippen LogP contribution < -0.4 is 14.9 Å². The molecule has 0 saturated heterocycles. The Kier molecular flexibility index (Phi) is 4.97. The van der Waals surface area contributed by atoms with Crippen LogP contribution in [0.3, 0.4) is 0 Å². The Balaban J connectivity index is 1.48. The van der Waals surface area contributed by atoms with Crippen molar-refractivity contribution < 1.29 is 14.3 Å². The third-order valence-electron chi connectivity index (χ3n) is 4.72. The number of carbonyl (C=O) groups excluding carboxylic acids is 1. The topological polar surface area (TPSA) is 77.7 Å². The highest BCUT2D eigenvalue weighted by atomic mass is 16.6. The van der Waals surface area contributed by atoms with Gasteiger partial charge >= 0.3 is 0 Å². The number of aromatic nitrogens is 2. The largest absolute Gasteiger partial charge is 0.486 e. The molecule has 7 heteroatoms. The minimum atomic E-state index is -0.207. The highest BCUT2D eigenvalue weighted by Gasteiger charge is 2.15. The number of hydrogen-bond donors (Lipinski definition) is 1.